The van der Waals surface area contributed by atoms with Gasteiger partial charge in [0.2, 0.25) is 5.95 Å². The van der Waals surface area contributed by atoms with Crippen LogP contribution in [0.15, 0.2) is 48.0 Å². The maximum Gasteiger partial charge on any atom is 0.260 e. The van der Waals surface area contributed by atoms with Crippen molar-refractivity contribution in [2.75, 3.05) is 18.1 Å². The number of para-hydroxylation sites is 2. The molecule has 0 spiro atoms. The Morgan fingerprint density at radius 2 is 2.04 bits per heavy atom. The van der Waals surface area contributed by atoms with Crippen molar-refractivity contribution in [3.63, 3.8) is 0 Å². The van der Waals surface area contributed by atoms with Gasteiger partial charge in [-0.1, -0.05) is 23.7 Å². The van der Waals surface area contributed by atoms with E-state index in [0.717, 1.165) is 28.9 Å². The molecule has 5 nitrogen and oxygen atoms in total. The summed E-state index contributed by atoms with van der Waals surface area (Å²) in [6.45, 7) is 1.62. The highest BCUT2D eigenvalue weighted by molar-refractivity contribution is 6.30. The Hall–Kier alpha value is -2.79. The number of fused-ring (bicyclic) bond motifs is 4. The van der Waals surface area contributed by atoms with Crippen LogP contribution in [0.25, 0.3) is 17.1 Å². The maximum absolute atomic E-state index is 13.0. The quantitative estimate of drug-likeness (QED) is 0.674. The molecule has 3 aromatic rings. The summed E-state index contributed by atoms with van der Waals surface area (Å²) in [4.78, 5) is 19.4. The van der Waals surface area contributed by atoms with Crippen molar-refractivity contribution in [3.05, 3.63) is 58.6 Å². The number of aromatic nitrogens is 2. The molecule has 0 radical (unpaired) electrons. The predicted molar refractivity (Wildman–Crippen MR) is 97.0 cm³/mol. The van der Waals surface area contributed by atoms with Gasteiger partial charge in [0.15, 0.2) is 0 Å². The number of amides is 1. The average Bonchev–Trinajstić information content (AvgIpc) is 3.19. The number of rotatable bonds is 1. The minimum Gasteiger partial charge on any atom is -0.488 e. The first-order valence-corrected chi connectivity index (χ1v) is 8.48. The number of anilines is 1. The normalized spacial score (nSPS) is 15.6. The highest BCUT2D eigenvalue weighted by Gasteiger charge is 2.31. The Kier molecular flexibility index (Phi) is 3.12. The number of halogens is 1. The lowest BCUT2D eigenvalue weighted by molar-refractivity contribution is -0.115. The molecule has 5 rings (SSSR count). The van der Waals surface area contributed by atoms with Crippen molar-refractivity contribution in [3.8, 4) is 5.75 Å². The van der Waals surface area contributed by atoms with Gasteiger partial charge >= 0.3 is 0 Å². The number of ether oxygens (including phenoxy) is 1. The van der Waals surface area contributed by atoms with E-state index in [9.17, 15) is 4.79 Å². The van der Waals surface area contributed by atoms with Crippen molar-refractivity contribution < 1.29 is 9.53 Å². The van der Waals surface area contributed by atoms with Crippen LogP contribution in [0.5, 0.6) is 5.75 Å². The topological polar surface area (TPSA) is 47.4 Å². The summed E-state index contributed by atoms with van der Waals surface area (Å²) in [5.41, 5.74) is 3.39. The fourth-order valence-electron chi connectivity index (χ4n) is 3.43. The van der Waals surface area contributed by atoms with E-state index in [4.69, 9.17) is 16.3 Å². The smallest absolute Gasteiger partial charge is 0.260 e. The second-order valence-electron chi connectivity index (χ2n) is 6.15. The van der Waals surface area contributed by atoms with Crippen LogP contribution in [0.2, 0.25) is 5.02 Å². The molecular weight excluding hydrogens is 338 g/mol. The first-order chi connectivity index (χ1) is 12.2. The van der Waals surface area contributed by atoms with Crippen LogP contribution in [0.1, 0.15) is 5.56 Å². The Bertz CT molecular complexity index is 1050. The third-order valence-electron chi connectivity index (χ3n) is 4.63. The zero-order valence-electron chi connectivity index (χ0n) is 13.3. The van der Waals surface area contributed by atoms with E-state index in [1.54, 1.807) is 11.0 Å². The van der Waals surface area contributed by atoms with Crippen LogP contribution < -0.4 is 9.64 Å². The molecule has 0 N–H and O–H groups in total. The van der Waals surface area contributed by atoms with E-state index >= 15 is 0 Å². The molecule has 0 atom stereocenters. The molecule has 124 valence electrons. The van der Waals surface area contributed by atoms with E-state index in [2.05, 4.69) is 9.55 Å². The first-order valence-electron chi connectivity index (χ1n) is 8.11. The van der Waals surface area contributed by atoms with Gasteiger partial charge in [-0.25, -0.2) is 4.98 Å². The van der Waals surface area contributed by atoms with Gasteiger partial charge < -0.3 is 9.30 Å². The van der Waals surface area contributed by atoms with Gasteiger partial charge in [-0.2, -0.15) is 0 Å². The molecule has 0 bridgehead atoms. The largest absolute Gasteiger partial charge is 0.488 e. The van der Waals surface area contributed by atoms with Crippen molar-refractivity contribution >= 4 is 40.6 Å². The van der Waals surface area contributed by atoms with E-state index < -0.39 is 0 Å². The zero-order valence-corrected chi connectivity index (χ0v) is 14.0. The molecule has 2 aliphatic rings. The van der Waals surface area contributed by atoms with Crippen LogP contribution >= 0.6 is 11.6 Å². The predicted octanol–water partition coefficient (Wildman–Crippen LogP) is 3.51. The molecule has 25 heavy (non-hydrogen) atoms. The van der Waals surface area contributed by atoms with Crippen LogP contribution in [0.4, 0.5) is 5.95 Å². The van der Waals surface area contributed by atoms with Crippen molar-refractivity contribution in [1.82, 2.24) is 9.55 Å². The van der Waals surface area contributed by atoms with Gasteiger partial charge in [0.05, 0.1) is 16.6 Å². The fourth-order valence-corrected chi connectivity index (χ4v) is 3.61. The molecule has 2 aliphatic heterocycles. The zero-order chi connectivity index (χ0) is 17.0. The SMILES string of the molecule is O=C(C1=Cc2cc(Cl)ccc2OC1)N1CCn2c1nc1ccccc12. The number of carbonyl (C=O) groups is 1. The van der Waals surface area contributed by atoms with Crippen LogP contribution in [0.3, 0.4) is 0 Å². The van der Waals surface area contributed by atoms with Gasteiger partial charge in [0.1, 0.15) is 12.4 Å². The number of hydrogen-bond donors (Lipinski definition) is 0. The van der Waals surface area contributed by atoms with E-state index in [1.807, 2.05) is 42.5 Å². The summed E-state index contributed by atoms with van der Waals surface area (Å²) in [5, 5.41) is 0.621. The van der Waals surface area contributed by atoms with Gasteiger partial charge in [0.25, 0.3) is 5.91 Å². The number of imidazole rings is 1. The molecule has 0 fully saturated rings. The van der Waals surface area contributed by atoms with Gasteiger partial charge in [-0.3, -0.25) is 9.69 Å². The number of nitrogens with zero attached hydrogens (tertiary/aromatic N) is 3. The molecule has 0 aliphatic carbocycles. The molecule has 1 aromatic heterocycles. The second kappa shape index (κ2) is 5.36. The average molecular weight is 352 g/mol. The lowest BCUT2D eigenvalue weighted by Crippen LogP contribution is -2.33. The van der Waals surface area contributed by atoms with E-state index in [-0.39, 0.29) is 12.5 Å². The molecule has 6 heteroatoms. The third-order valence-corrected chi connectivity index (χ3v) is 4.86. The minimum absolute atomic E-state index is 0.0697. The highest BCUT2D eigenvalue weighted by atomic mass is 35.5. The molecule has 0 saturated heterocycles. The number of carbonyl (C=O) groups excluding carboxylic acids is 1. The molecule has 0 saturated carbocycles. The van der Waals surface area contributed by atoms with Crippen LogP contribution in [-0.2, 0) is 11.3 Å². The second-order valence-corrected chi connectivity index (χ2v) is 6.59. The lowest BCUT2D eigenvalue weighted by Gasteiger charge is -2.21. The van der Waals surface area contributed by atoms with Crippen molar-refractivity contribution in [1.29, 1.82) is 0 Å². The molecule has 3 heterocycles. The first kappa shape index (κ1) is 14.5. The van der Waals surface area contributed by atoms with Gasteiger partial charge in [-0.05, 0) is 36.4 Å². The summed E-state index contributed by atoms with van der Waals surface area (Å²) in [6.07, 6.45) is 1.86. The van der Waals surface area contributed by atoms with E-state index in [1.165, 1.54) is 0 Å². The van der Waals surface area contributed by atoms with Crippen molar-refractivity contribution in [2.45, 2.75) is 6.54 Å². The van der Waals surface area contributed by atoms with E-state index in [0.29, 0.717) is 23.1 Å². The Morgan fingerprint density at radius 3 is 2.96 bits per heavy atom. The monoisotopic (exact) mass is 351 g/mol. The Labute approximate surface area is 149 Å². The van der Waals surface area contributed by atoms with Gasteiger partial charge in [-0.15, -0.1) is 0 Å². The van der Waals surface area contributed by atoms with Crippen LogP contribution in [-0.4, -0.2) is 28.6 Å². The molecule has 2 aromatic carbocycles. The Balaban J connectivity index is 1.53. The van der Waals surface area contributed by atoms with Gasteiger partial charge in [0, 0.05) is 23.7 Å². The molecule has 0 unspecified atom stereocenters. The van der Waals surface area contributed by atoms with Crippen molar-refractivity contribution in [2.24, 2.45) is 0 Å². The summed E-state index contributed by atoms with van der Waals surface area (Å²) in [6, 6.07) is 13.3. The summed E-state index contributed by atoms with van der Waals surface area (Å²) >= 11 is 6.05. The minimum atomic E-state index is -0.0697. The fraction of sp³-hybridized carbons (Fsp3) is 0.158. The lowest BCUT2D eigenvalue weighted by atomic mass is 10.1. The molecular formula is C19H14ClN3O2. The molecule has 1 amide bonds. The highest BCUT2D eigenvalue weighted by Crippen LogP contribution is 2.32. The third kappa shape index (κ3) is 2.23. The summed E-state index contributed by atoms with van der Waals surface area (Å²) < 4.78 is 7.80. The summed E-state index contributed by atoms with van der Waals surface area (Å²) in [5.74, 6) is 1.37. The number of hydrogen-bond acceptors (Lipinski definition) is 3. The number of benzene rings is 2. The van der Waals surface area contributed by atoms with Crippen LogP contribution in [0, 0.1) is 0 Å². The standard InChI is InChI=1S/C19H14ClN3O2/c20-14-5-6-17-12(10-14)9-13(11-25-17)18(24)23-8-7-22-16-4-2-1-3-15(16)21-19(22)23/h1-6,9-10H,7-8,11H2. The Morgan fingerprint density at radius 1 is 1.16 bits per heavy atom. The maximum atomic E-state index is 13.0. The summed E-state index contributed by atoms with van der Waals surface area (Å²) in [7, 11) is 0.